The molecule has 2 aromatic carbocycles. The van der Waals surface area contributed by atoms with Crippen LogP contribution in [0.2, 0.25) is 0 Å². The Bertz CT molecular complexity index is 1140. The Morgan fingerprint density at radius 3 is 2.74 bits per heavy atom. The zero-order valence-electron chi connectivity index (χ0n) is 14.3. The van der Waals surface area contributed by atoms with Gasteiger partial charge in [-0.05, 0) is 17.2 Å². The Kier molecular flexibility index (Phi) is 4.69. The van der Waals surface area contributed by atoms with E-state index >= 15 is 0 Å². The summed E-state index contributed by atoms with van der Waals surface area (Å²) in [6, 6.07) is 17.5. The summed E-state index contributed by atoms with van der Waals surface area (Å²) < 4.78 is 5.42. The molecule has 5 nitrogen and oxygen atoms in total. The molecule has 132 valence electrons. The summed E-state index contributed by atoms with van der Waals surface area (Å²) >= 11 is 1.45. The fourth-order valence-corrected chi connectivity index (χ4v) is 3.67. The molecular weight excluding hydrogens is 358 g/mol. The van der Waals surface area contributed by atoms with Crippen LogP contribution in [0.3, 0.4) is 0 Å². The van der Waals surface area contributed by atoms with Crippen molar-refractivity contribution in [3.63, 3.8) is 0 Å². The summed E-state index contributed by atoms with van der Waals surface area (Å²) in [6.07, 6.45) is 4.39. The lowest BCUT2D eigenvalue weighted by molar-refractivity contribution is 0.102. The van der Waals surface area contributed by atoms with E-state index in [4.69, 9.17) is 9.68 Å². The third-order valence-electron chi connectivity index (χ3n) is 4.18. The standard InChI is InChI=1S/C21H15N3O2S/c22-10-9-14-5-7-15(8-6-14)11-16-12-23-21(27-16)24-20(25)18-13-26-19-4-2-1-3-17(18)19/h1-8,12-13H,9,11H2,(H,23,24,25). The first-order valence-electron chi connectivity index (χ1n) is 8.40. The van der Waals surface area contributed by atoms with Gasteiger partial charge in [0.2, 0.25) is 0 Å². The van der Waals surface area contributed by atoms with Crippen molar-refractivity contribution in [2.24, 2.45) is 0 Å². The van der Waals surface area contributed by atoms with Crippen molar-refractivity contribution in [1.82, 2.24) is 4.98 Å². The zero-order chi connectivity index (χ0) is 18.6. The summed E-state index contributed by atoms with van der Waals surface area (Å²) in [5, 5.41) is 12.9. The van der Waals surface area contributed by atoms with Crippen LogP contribution in [0.1, 0.15) is 26.4 Å². The predicted molar refractivity (Wildman–Crippen MR) is 105 cm³/mol. The molecule has 0 unspecified atom stereocenters. The number of carbonyl (C=O) groups is 1. The van der Waals surface area contributed by atoms with Crippen LogP contribution in [-0.4, -0.2) is 10.9 Å². The van der Waals surface area contributed by atoms with Gasteiger partial charge in [-0.1, -0.05) is 42.5 Å². The fourth-order valence-electron chi connectivity index (χ4n) is 2.83. The molecule has 0 spiro atoms. The largest absolute Gasteiger partial charge is 0.463 e. The topological polar surface area (TPSA) is 78.9 Å². The highest BCUT2D eigenvalue weighted by atomic mass is 32.1. The number of nitriles is 1. The smallest absolute Gasteiger partial charge is 0.261 e. The number of fused-ring (bicyclic) bond motifs is 1. The van der Waals surface area contributed by atoms with Crippen molar-refractivity contribution in [2.45, 2.75) is 12.8 Å². The summed E-state index contributed by atoms with van der Waals surface area (Å²) in [5.74, 6) is -0.235. The highest BCUT2D eigenvalue weighted by Crippen LogP contribution is 2.25. The minimum Gasteiger partial charge on any atom is -0.463 e. The fraction of sp³-hybridized carbons (Fsp3) is 0.0952. The van der Waals surface area contributed by atoms with Crippen LogP contribution in [0.5, 0.6) is 0 Å². The number of anilines is 1. The number of carbonyl (C=O) groups excluding carboxylic acids is 1. The summed E-state index contributed by atoms with van der Waals surface area (Å²) in [5.41, 5.74) is 3.32. The Morgan fingerprint density at radius 2 is 1.93 bits per heavy atom. The Hall–Kier alpha value is -3.43. The highest BCUT2D eigenvalue weighted by molar-refractivity contribution is 7.15. The molecule has 0 bridgehead atoms. The van der Waals surface area contributed by atoms with Gasteiger partial charge in [-0.2, -0.15) is 5.26 Å². The van der Waals surface area contributed by atoms with E-state index < -0.39 is 0 Å². The lowest BCUT2D eigenvalue weighted by Gasteiger charge is -2.00. The first-order chi connectivity index (χ1) is 13.2. The molecule has 0 fully saturated rings. The molecule has 1 amide bonds. The number of furan rings is 1. The first-order valence-corrected chi connectivity index (χ1v) is 9.21. The third-order valence-corrected chi connectivity index (χ3v) is 5.10. The highest BCUT2D eigenvalue weighted by Gasteiger charge is 2.15. The van der Waals surface area contributed by atoms with Crippen LogP contribution in [-0.2, 0) is 12.8 Å². The Labute approximate surface area is 159 Å². The average molecular weight is 373 g/mol. The van der Waals surface area contributed by atoms with Crippen LogP contribution in [0, 0.1) is 11.3 Å². The monoisotopic (exact) mass is 373 g/mol. The van der Waals surface area contributed by atoms with Gasteiger partial charge in [0.15, 0.2) is 5.13 Å². The lowest BCUT2D eigenvalue weighted by atomic mass is 10.1. The summed E-state index contributed by atoms with van der Waals surface area (Å²) in [4.78, 5) is 17.9. The number of benzene rings is 2. The van der Waals surface area contributed by atoms with E-state index in [1.807, 2.05) is 48.5 Å². The molecule has 6 heteroatoms. The van der Waals surface area contributed by atoms with Crippen LogP contribution in [0.4, 0.5) is 5.13 Å². The second-order valence-corrected chi connectivity index (χ2v) is 7.17. The first kappa shape index (κ1) is 17.0. The zero-order valence-corrected chi connectivity index (χ0v) is 15.1. The van der Waals surface area contributed by atoms with E-state index in [2.05, 4.69) is 16.4 Å². The Balaban J connectivity index is 1.45. The minimum atomic E-state index is -0.235. The molecule has 4 aromatic rings. The molecule has 2 aromatic heterocycles. The number of nitrogens with one attached hydrogen (secondary N) is 1. The maximum absolute atomic E-state index is 12.5. The lowest BCUT2D eigenvalue weighted by Crippen LogP contribution is -2.10. The van der Waals surface area contributed by atoms with Gasteiger partial charge in [0.25, 0.3) is 5.91 Å². The number of rotatable bonds is 5. The summed E-state index contributed by atoms with van der Waals surface area (Å²) in [6.45, 7) is 0. The number of nitrogens with zero attached hydrogens (tertiary/aromatic N) is 2. The SMILES string of the molecule is N#CCc1ccc(Cc2cnc(NC(=O)c3coc4ccccc34)s2)cc1. The van der Waals surface area contributed by atoms with Crippen molar-refractivity contribution in [3.8, 4) is 6.07 Å². The third kappa shape index (κ3) is 3.73. The Morgan fingerprint density at radius 1 is 1.15 bits per heavy atom. The van der Waals surface area contributed by atoms with Crippen LogP contribution in [0.25, 0.3) is 11.0 Å². The molecule has 4 rings (SSSR count). The van der Waals surface area contributed by atoms with Crippen molar-refractivity contribution < 1.29 is 9.21 Å². The molecule has 0 aliphatic carbocycles. The van der Waals surface area contributed by atoms with E-state index in [1.54, 1.807) is 6.20 Å². The quantitative estimate of drug-likeness (QED) is 0.545. The van der Waals surface area contributed by atoms with Gasteiger partial charge in [-0.3, -0.25) is 10.1 Å². The van der Waals surface area contributed by atoms with Gasteiger partial charge in [-0.25, -0.2) is 4.98 Å². The van der Waals surface area contributed by atoms with Gasteiger partial charge in [0, 0.05) is 22.9 Å². The maximum atomic E-state index is 12.5. The molecule has 0 aliphatic rings. The molecule has 2 heterocycles. The molecular formula is C21H15N3O2S. The molecule has 0 atom stereocenters. The van der Waals surface area contributed by atoms with Crippen molar-refractivity contribution in [1.29, 1.82) is 5.26 Å². The maximum Gasteiger partial charge on any atom is 0.261 e. The normalized spacial score (nSPS) is 10.6. The number of thiazole rings is 1. The van der Waals surface area contributed by atoms with Crippen molar-refractivity contribution in [3.05, 3.63) is 82.6 Å². The second-order valence-electron chi connectivity index (χ2n) is 6.06. The molecule has 0 saturated heterocycles. The van der Waals surface area contributed by atoms with Crippen LogP contribution >= 0.6 is 11.3 Å². The van der Waals surface area contributed by atoms with E-state index in [0.717, 1.165) is 27.8 Å². The predicted octanol–water partition coefficient (Wildman–Crippen LogP) is 4.80. The van der Waals surface area contributed by atoms with E-state index in [1.165, 1.54) is 17.6 Å². The van der Waals surface area contributed by atoms with E-state index in [-0.39, 0.29) is 5.91 Å². The molecule has 1 N–H and O–H groups in total. The van der Waals surface area contributed by atoms with Gasteiger partial charge in [0.05, 0.1) is 18.1 Å². The summed E-state index contributed by atoms with van der Waals surface area (Å²) in [7, 11) is 0. The van der Waals surface area contributed by atoms with Gasteiger partial charge < -0.3 is 4.42 Å². The number of amides is 1. The van der Waals surface area contributed by atoms with Gasteiger partial charge in [-0.15, -0.1) is 11.3 Å². The molecule has 0 aliphatic heterocycles. The minimum absolute atomic E-state index is 0.235. The molecule has 27 heavy (non-hydrogen) atoms. The van der Waals surface area contributed by atoms with E-state index in [9.17, 15) is 4.79 Å². The number of para-hydroxylation sites is 1. The number of hydrogen-bond acceptors (Lipinski definition) is 5. The number of hydrogen-bond donors (Lipinski definition) is 1. The van der Waals surface area contributed by atoms with Crippen LogP contribution < -0.4 is 5.32 Å². The average Bonchev–Trinajstić information content (AvgIpc) is 3.30. The van der Waals surface area contributed by atoms with Gasteiger partial charge in [0.1, 0.15) is 11.8 Å². The van der Waals surface area contributed by atoms with E-state index in [0.29, 0.717) is 22.7 Å². The van der Waals surface area contributed by atoms with Crippen molar-refractivity contribution in [2.75, 3.05) is 5.32 Å². The molecule has 0 radical (unpaired) electrons. The molecule has 0 saturated carbocycles. The second kappa shape index (κ2) is 7.44. The van der Waals surface area contributed by atoms with Crippen LogP contribution in [0.15, 0.2) is 65.4 Å². The van der Waals surface area contributed by atoms with Gasteiger partial charge >= 0.3 is 0 Å². The van der Waals surface area contributed by atoms with Crippen molar-refractivity contribution >= 4 is 33.3 Å². The number of aromatic nitrogens is 1.